The molecular formula is C16H22N6O. The lowest BCUT2D eigenvalue weighted by molar-refractivity contribution is 0.110. The summed E-state index contributed by atoms with van der Waals surface area (Å²) in [6, 6.07) is 3.69. The Bertz CT molecular complexity index is 697. The van der Waals surface area contributed by atoms with E-state index in [0.29, 0.717) is 13.1 Å². The zero-order valence-electron chi connectivity index (χ0n) is 13.7. The highest BCUT2D eigenvalue weighted by molar-refractivity contribution is 5.89. The topological polar surface area (TPSA) is 66.3 Å². The molecule has 0 saturated carbocycles. The third kappa shape index (κ3) is 3.34. The van der Waals surface area contributed by atoms with Crippen molar-refractivity contribution in [3.8, 4) is 0 Å². The molecule has 1 saturated heterocycles. The number of nitrogens with zero attached hydrogens (tertiary/aromatic N) is 5. The average molecular weight is 314 g/mol. The van der Waals surface area contributed by atoms with Crippen LogP contribution in [-0.4, -0.2) is 57.0 Å². The SMILES string of the molecule is Cc1cc(NC(=O)N2CCN(C)[C@H](c3nccn3C)C2)ccn1. The van der Waals surface area contributed by atoms with E-state index in [1.165, 1.54) is 0 Å². The van der Waals surface area contributed by atoms with E-state index in [2.05, 4.69) is 27.2 Å². The Hall–Kier alpha value is -2.41. The van der Waals surface area contributed by atoms with Crippen molar-refractivity contribution in [1.82, 2.24) is 24.3 Å². The zero-order chi connectivity index (χ0) is 16.4. The zero-order valence-corrected chi connectivity index (χ0v) is 13.7. The smallest absolute Gasteiger partial charge is 0.321 e. The van der Waals surface area contributed by atoms with Gasteiger partial charge in [0.25, 0.3) is 0 Å². The van der Waals surface area contributed by atoms with Gasteiger partial charge in [-0.1, -0.05) is 0 Å². The molecule has 122 valence electrons. The van der Waals surface area contributed by atoms with E-state index in [9.17, 15) is 4.79 Å². The lowest BCUT2D eigenvalue weighted by Gasteiger charge is -2.38. The third-order valence-corrected chi connectivity index (χ3v) is 4.24. The van der Waals surface area contributed by atoms with Crippen LogP contribution >= 0.6 is 0 Å². The summed E-state index contributed by atoms with van der Waals surface area (Å²) in [7, 11) is 4.05. The van der Waals surface area contributed by atoms with Crippen molar-refractivity contribution >= 4 is 11.7 Å². The molecule has 1 fully saturated rings. The molecule has 7 nitrogen and oxygen atoms in total. The molecule has 1 N–H and O–H groups in total. The van der Waals surface area contributed by atoms with Crippen LogP contribution < -0.4 is 5.32 Å². The summed E-state index contributed by atoms with van der Waals surface area (Å²) in [5, 5.41) is 2.95. The highest BCUT2D eigenvalue weighted by Gasteiger charge is 2.30. The van der Waals surface area contributed by atoms with Crippen LogP contribution in [0.15, 0.2) is 30.7 Å². The number of aromatic nitrogens is 3. The summed E-state index contributed by atoms with van der Waals surface area (Å²) in [4.78, 5) is 25.2. The minimum Gasteiger partial charge on any atom is -0.337 e. The molecule has 3 rings (SSSR count). The Balaban J connectivity index is 1.71. The maximum absolute atomic E-state index is 12.5. The Morgan fingerprint density at radius 1 is 1.26 bits per heavy atom. The summed E-state index contributed by atoms with van der Waals surface area (Å²) < 4.78 is 2.01. The highest BCUT2D eigenvalue weighted by atomic mass is 16.2. The highest BCUT2D eigenvalue weighted by Crippen LogP contribution is 2.23. The number of carbonyl (C=O) groups excluding carboxylic acids is 1. The molecule has 7 heteroatoms. The van der Waals surface area contributed by atoms with E-state index in [4.69, 9.17) is 0 Å². The fraction of sp³-hybridized carbons (Fsp3) is 0.438. The minimum atomic E-state index is -0.0806. The molecule has 1 aliphatic rings. The summed E-state index contributed by atoms with van der Waals surface area (Å²) in [6.07, 6.45) is 5.43. The van der Waals surface area contributed by atoms with E-state index in [-0.39, 0.29) is 12.1 Å². The summed E-state index contributed by atoms with van der Waals surface area (Å²) in [5.74, 6) is 0.977. The van der Waals surface area contributed by atoms with Gasteiger partial charge in [0, 0.05) is 56.7 Å². The van der Waals surface area contributed by atoms with Crippen LogP contribution in [0.5, 0.6) is 0 Å². The van der Waals surface area contributed by atoms with Crippen LogP contribution in [0.2, 0.25) is 0 Å². The standard InChI is InChI=1S/C16H22N6O/c1-12-10-13(4-5-17-12)19-16(23)22-9-8-20(2)14(11-22)15-18-6-7-21(15)3/h4-7,10,14H,8-9,11H2,1-3H3,(H,17,19,23)/t14-/m0/s1. The Labute approximate surface area is 135 Å². The molecule has 2 amide bonds. The third-order valence-electron chi connectivity index (χ3n) is 4.24. The van der Waals surface area contributed by atoms with E-state index < -0.39 is 0 Å². The quantitative estimate of drug-likeness (QED) is 0.915. The number of hydrogen-bond acceptors (Lipinski definition) is 4. The number of pyridine rings is 1. The molecule has 1 aliphatic heterocycles. The van der Waals surface area contributed by atoms with Crippen LogP contribution in [-0.2, 0) is 7.05 Å². The van der Waals surface area contributed by atoms with Crippen LogP contribution in [0.25, 0.3) is 0 Å². The minimum absolute atomic E-state index is 0.0806. The normalized spacial score (nSPS) is 18.9. The van der Waals surface area contributed by atoms with Crippen LogP contribution in [0.1, 0.15) is 17.6 Å². The van der Waals surface area contributed by atoms with Crippen molar-refractivity contribution in [3.05, 3.63) is 42.2 Å². The molecule has 3 heterocycles. The van der Waals surface area contributed by atoms with Crippen molar-refractivity contribution in [2.75, 3.05) is 32.0 Å². The van der Waals surface area contributed by atoms with E-state index >= 15 is 0 Å². The molecule has 0 bridgehead atoms. The lowest BCUT2D eigenvalue weighted by atomic mass is 10.1. The summed E-state index contributed by atoms with van der Waals surface area (Å²) in [5.41, 5.74) is 1.65. The molecule has 0 radical (unpaired) electrons. The largest absolute Gasteiger partial charge is 0.337 e. The molecule has 0 unspecified atom stereocenters. The Kier molecular flexibility index (Phi) is 4.29. The lowest BCUT2D eigenvalue weighted by Crippen LogP contribution is -2.50. The first-order chi connectivity index (χ1) is 11.0. The fourth-order valence-corrected chi connectivity index (χ4v) is 2.86. The molecule has 2 aromatic heterocycles. The van der Waals surface area contributed by atoms with Gasteiger partial charge in [-0.05, 0) is 26.1 Å². The second-order valence-corrected chi connectivity index (χ2v) is 5.95. The van der Waals surface area contributed by atoms with Gasteiger partial charge in [-0.3, -0.25) is 9.88 Å². The van der Waals surface area contributed by atoms with Crippen molar-refractivity contribution < 1.29 is 4.79 Å². The maximum atomic E-state index is 12.5. The van der Waals surface area contributed by atoms with Crippen LogP contribution in [0.3, 0.4) is 0 Å². The van der Waals surface area contributed by atoms with Gasteiger partial charge in [0.2, 0.25) is 0 Å². The fourth-order valence-electron chi connectivity index (χ4n) is 2.86. The number of piperazine rings is 1. The summed E-state index contributed by atoms with van der Waals surface area (Å²) in [6.45, 7) is 4.05. The molecule has 23 heavy (non-hydrogen) atoms. The van der Waals surface area contributed by atoms with Gasteiger partial charge < -0.3 is 14.8 Å². The van der Waals surface area contributed by atoms with E-state index in [0.717, 1.165) is 23.8 Å². The number of rotatable bonds is 2. The summed E-state index contributed by atoms with van der Waals surface area (Å²) >= 11 is 0. The molecule has 0 spiro atoms. The predicted molar refractivity (Wildman–Crippen MR) is 88.1 cm³/mol. The van der Waals surface area contributed by atoms with Crippen molar-refractivity contribution in [3.63, 3.8) is 0 Å². The van der Waals surface area contributed by atoms with Gasteiger partial charge in [-0.25, -0.2) is 9.78 Å². The number of carbonyl (C=O) groups is 1. The number of anilines is 1. The van der Waals surface area contributed by atoms with Crippen molar-refractivity contribution in [2.24, 2.45) is 7.05 Å². The average Bonchev–Trinajstić information content (AvgIpc) is 2.93. The number of amides is 2. The second-order valence-electron chi connectivity index (χ2n) is 5.95. The molecule has 1 atom stereocenters. The number of aryl methyl sites for hydroxylation is 2. The second kappa shape index (κ2) is 6.37. The van der Waals surface area contributed by atoms with Gasteiger partial charge >= 0.3 is 6.03 Å². The maximum Gasteiger partial charge on any atom is 0.321 e. The number of likely N-dealkylation sites (N-methyl/N-ethyl adjacent to an activating group) is 1. The number of imidazole rings is 1. The van der Waals surface area contributed by atoms with Gasteiger partial charge in [0.15, 0.2) is 0 Å². The molecule has 2 aromatic rings. The predicted octanol–water partition coefficient (Wildman–Crippen LogP) is 1.64. The number of urea groups is 1. The molecule has 0 aromatic carbocycles. The van der Waals surface area contributed by atoms with Gasteiger partial charge in [-0.2, -0.15) is 0 Å². The molecule has 0 aliphatic carbocycles. The molecular weight excluding hydrogens is 292 g/mol. The van der Waals surface area contributed by atoms with Gasteiger partial charge in [0.05, 0.1) is 6.04 Å². The van der Waals surface area contributed by atoms with E-state index in [1.807, 2.05) is 35.7 Å². The first-order valence-corrected chi connectivity index (χ1v) is 7.70. The van der Waals surface area contributed by atoms with E-state index in [1.54, 1.807) is 18.5 Å². The van der Waals surface area contributed by atoms with Gasteiger partial charge in [0.1, 0.15) is 5.82 Å². The van der Waals surface area contributed by atoms with Crippen molar-refractivity contribution in [1.29, 1.82) is 0 Å². The number of nitrogens with one attached hydrogen (secondary N) is 1. The van der Waals surface area contributed by atoms with Crippen molar-refractivity contribution in [2.45, 2.75) is 13.0 Å². The van der Waals surface area contributed by atoms with Crippen LogP contribution in [0, 0.1) is 6.92 Å². The van der Waals surface area contributed by atoms with Gasteiger partial charge in [-0.15, -0.1) is 0 Å². The first-order valence-electron chi connectivity index (χ1n) is 7.70. The first kappa shape index (κ1) is 15.5. The number of hydrogen-bond donors (Lipinski definition) is 1. The Morgan fingerprint density at radius 2 is 2.09 bits per heavy atom. The monoisotopic (exact) mass is 314 g/mol. The Morgan fingerprint density at radius 3 is 2.78 bits per heavy atom. The van der Waals surface area contributed by atoms with Crippen LogP contribution in [0.4, 0.5) is 10.5 Å².